The van der Waals surface area contributed by atoms with Crippen LogP contribution in [0.2, 0.25) is 0 Å². The Labute approximate surface area is 137 Å². The fourth-order valence-electron chi connectivity index (χ4n) is 3.04. The molecule has 0 amide bonds. The molecule has 5 heteroatoms. The summed E-state index contributed by atoms with van der Waals surface area (Å²) < 4.78 is 5.21. The number of hydrogen-bond acceptors (Lipinski definition) is 5. The smallest absolute Gasteiger partial charge is 0.160 e. The minimum absolute atomic E-state index is 0.184. The van der Waals surface area contributed by atoms with Gasteiger partial charge in [-0.1, -0.05) is 12.1 Å². The summed E-state index contributed by atoms with van der Waals surface area (Å²) in [5.74, 6) is 1.76. The molecule has 1 atom stereocenters. The van der Waals surface area contributed by atoms with E-state index < -0.39 is 0 Å². The number of phenols is 1. The van der Waals surface area contributed by atoms with Crippen LogP contribution in [0.5, 0.6) is 11.5 Å². The van der Waals surface area contributed by atoms with E-state index in [1.807, 2.05) is 30.5 Å². The third-order valence-corrected chi connectivity index (χ3v) is 4.52. The lowest BCUT2D eigenvalue weighted by atomic mass is 10.1. The average Bonchev–Trinajstić information content (AvgIpc) is 2.62. The predicted molar refractivity (Wildman–Crippen MR) is 91.1 cm³/mol. The fourth-order valence-corrected chi connectivity index (χ4v) is 3.04. The first-order valence-electron chi connectivity index (χ1n) is 7.96. The number of methoxy groups -OCH3 is 1. The van der Waals surface area contributed by atoms with E-state index in [9.17, 15) is 5.11 Å². The highest BCUT2D eigenvalue weighted by Gasteiger charge is 2.23. The summed E-state index contributed by atoms with van der Waals surface area (Å²) in [6.07, 6.45) is 1.84. The zero-order valence-electron chi connectivity index (χ0n) is 13.6. The van der Waals surface area contributed by atoms with Gasteiger partial charge in [-0.3, -0.25) is 4.90 Å². The summed E-state index contributed by atoms with van der Waals surface area (Å²) in [5, 5.41) is 9.74. The van der Waals surface area contributed by atoms with Crippen molar-refractivity contribution in [3.63, 3.8) is 0 Å². The molecule has 1 aromatic heterocycles. The van der Waals surface area contributed by atoms with Crippen LogP contribution in [-0.2, 0) is 0 Å². The normalized spacial score (nSPS) is 17.0. The van der Waals surface area contributed by atoms with Crippen molar-refractivity contribution >= 4 is 5.82 Å². The van der Waals surface area contributed by atoms with Gasteiger partial charge in [0.1, 0.15) is 5.82 Å². The Morgan fingerprint density at radius 2 is 1.91 bits per heavy atom. The molecule has 0 spiro atoms. The quantitative estimate of drug-likeness (QED) is 0.940. The number of hydrogen-bond donors (Lipinski definition) is 1. The number of rotatable bonds is 4. The minimum atomic E-state index is 0.184. The number of aromatic hydroxyl groups is 1. The van der Waals surface area contributed by atoms with E-state index in [1.165, 1.54) is 0 Å². The van der Waals surface area contributed by atoms with Crippen LogP contribution in [0, 0.1) is 0 Å². The van der Waals surface area contributed by atoms with E-state index in [0.29, 0.717) is 5.75 Å². The number of benzene rings is 1. The molecule has 1 unspecified atom stereocenters. The molecule has 1 fully saturated rings. The van der Waals surface area contributed by atoms with E-state index in [0.717, 1.165) is 37.6 Å². The molecule has 0 aliphatic carbocycles. The number of pyridine rings is 1. The third kappa shape index (κ3) is 3.40. The van der Waals surface area contributed by atoms with Crippen molar-refractivity contribution in [2.45, 2.75) is 13.0 Å². The third-order valence-electron chi connectivity index (χ3n) is 4.52. The van der Waals surface area contributed by atoms with Gasteiger partial charge in [-0.15, -0.1) is 0 Å². The van der Waals surface area contributed by atoms with E-state index in [2.05, 4.69) is 27.8 Å². The van der Waals surface area contributed by atoms with Gasteiger partial charge in [0.25, 0.3) is 0 Å². The Hall–Kier alpha value is -2.27. The van der Waals surface area contributed by atoms with Crippen molar-refractivity contribution in [1.29, 1.82) is 0 Å². The summed E-state index contributed by atoms with van der Waals surface area (Å²) in [6.45, 7) is 6.11. The highest BCUT2D eigenvalue weighted by Crippen LogP contribution is 2.31. The van der Waals surface area contributed by atoms with Crippen molar-refractivity contribution in [3.8, 4) is 11.5 Å². The van der Waals surface area contributed by atoms with E-state index in [1.54, 1.807) is 13.2 Å². The van der Waals surface area contributed by atoms with Crippen LogP contribution in [0.1, 0.15) is 18.5 Å². The Kier molecular flexibility index (Phi) is 4.67. The maximum Gasteiger partial charge on any atom is 0.160 e. The van der Waals surface area contributed by atoms with Gasteiger partial charge in [0.05, 0.1) is 7.11 Å². The zero-order valence-corrected chi connectivity index (χ0v) is 13.6. The van der Waals surface area contributed by atoms with Crippen molar-refractivity contribution in [1.82, 2.24) is 9.88 Å². The van der Waals surface area contributed by atoms with Gasteiger partial charge in [-0.25, -0.2) is 4.98 Å². The van der Waals surface area contributed by atoms with E-state index >= 15 is 0 Å². The predicted octanol–water partition coefficient (Wildman–Crippen LogP) is 2.68. The maximum absolute atomic E-state index is 9.74. The van der Waals surface area contributed by atoms with E-state index in [-0.39, 0.29) is 11.8 Å². The zero-order chi connectivity index (χ0) is 16.2. The fraction of sp³-hybridized carbons (Fsp3) is 0.389. The number of nitrogens with zero attached hydrogens (tertiary/aromatic N) is 3. The molecule has 2 aromatic rings. The molecule has 1 N–H and O–H groups in total. The van der Waals surface area contributed by atoms with Crippen LogP contribution in [0.4, 0.5) is 5.82 Å². The molecule has 0 radical (unpaired) electrons. The Balaban J connectivity index is 1.65. The molecular weight excluding hydrogens is 290 g/mol. The highest BCUT2D eigenvalue weighted by molar-refractivity contribution is 5.43. The summed E-state index contributed by atoms with van der Waals surface area (Å²) >= 11 is 0. The first kappa shape index (κ1) is 15.6. The molecule has 1 saturated heterocycles. The highest BCUT2D eigenvalue weighted by atomic mass is 16.5. The molecule has 3 rings (SSSR count). The van der Waals surface area contributed by atoms with Gasteiger partial charge >= 0.3 is 0 Å². The molecule has 1 aliphatic rings. The SMILES string of the molecule is COc1cc(C(C)N2CCN(c3ccccn3)CC2)ccc1O. The first-order chi connectivity index (χ1) is 11.2. The second kappa shape index (κ2) is 6.87. The van der Waals surface area contributed by atoms with Gasteiger partial charge in [-0.2, -0.15) is 0 Å². The van der Waals surface area contributed by atoms with Crippen LogP contribution >= 0.6 is 0 Å². The lowest BCUT2D eigenvalue weighted by Crippen LogP contribution is -2.47. The topological polar surface area (TPSA) is 48.8 Å². The number of ether oxygens (including phenoxy) is 1. The molecule has 1 aliphatic heterocycles. The first-order valence-corrected chi connectivity index (χ1v) is 7.96. The number of aromatic nitrogens is 1. The standard InChI is InChI=1S/C18H23N3O2/c1-14(15-6-7-16(22)17(13-15)23-2)20-9-11-21(12-10-20)18-5-3-4-8-19-18/h3-8,13-14,22H,9-12H2,1-2H3. The molecular formula is C18H23N3O2. The summed E-state index contributed by atoms with van der Waals surface area (Å²) in [6, 6.07) is 11.9. The summed E-state index contributed by atoms with van der Waals surface area (Å²) in [5.41, 5.74) is 1.16. The van der Waals surface area contributed by atoms with Crippen LogP contribution in [0.25, 0.3) is 0 Å². The van der Waals surface area contributed by atoms with Crippen molar-refractivity contribution in [2.75, 3.05) is 38.2 Å². The lowest BCUT2D eigenvalue weighted by molar-refractivity contribution is 0.198. The van der Waals surface area contributed by atoms with Crippen LogP contribution in [0.15, 0.2) is 42.6 Å². The summed E-state index contributed by atoms with van der Waals surface area (Å²) in [7, 11) is 1.58. The van der Waals surface area contributed by atoms with Crippen molar-refractivity contribution in [2.24, 2.45) is 0 Å². The van der Waals surface area contributed by atoms with Gasteiger partial charge in [0.15, 0.2) is 11.5 Å². The van der Waals surface area contributed by atoms with Crippen molar-refractivity contribution in [3.05, 3.63) is 48.2 Å². The van der Waals surface area contributed by atoms with Crippen LogP contribution in [-0.4, -0.2) is 48.3 Å². The van der Waals surface area contributed by atoms with Gasteiger partial charge < -0.3 is 14.7 Å². The van der Waals surface area contributed by atoms with Gasteiger partial charge in [-0.05, 0) is 36.8 Å². The molecule has 0 saturated carbocycles. The van der Waals surface area contributed by atoms with Crippen LogP contribution in [0.3, 0.4) is 0 Å². The molecule has 2 heterocycles. The monoisotopic (exact) mass is 313 g/mol. The minimum Gasteiger partial charge on any atom is -0.504 e. The molecule has 122 valence electrons. The van der Waals surface area contributed by atoms with Gasteiger partial charge in [0.2, 0.25) is 0 Å². The number of phenolic OH excluding ortho intramolecular Hbond substituents is 1. The largest absolute Gasteiger partial charge is 0.504 e. The molecule has 23 heavy (non-hydrogen) atoms. The Morgan fingerprint density at radius 1 is 1.13 bits per heavy atom. The molecule has 1 aromatic carbocycles. The molecule has 5 nitrogen and oxygen atoms in total. The van der Waals surface area contributed by atoms with Crippen LogP contribution < -0.4 is 9.64 Å². The van der Waals surface area contributed by atoms with Gasteiger partial charge in [0, 0.05) is 38.4 Å². The number of anilines is 1. The second-order valence-corrected chi connectivity index (χ2v) is 5.82. The summed E-state index contributed by atoms with van der Waals surface area (Å²) in [4.78, 5) is 9.20. The average molecular weight is 313 g/mol. The van der Waals surface area contributed by atoms with E-state index in [4.69, 9.17) is 4.74 Å². The Bertz CT molecular complexity index is 640. The maximum atomic E-state index is 9.74. The number of piperazine rings is 1. The lowest BCUT2D eigenvalue weighted by Gasteiger charge is -2.38. The second-order valence-electron chi connectivity index (χ2n) is 5.82. The Morgan fingerprint density at radius 3 is 2.57 bits per heavy atom. The van der Waals surface area contributed by atoms with Crippen molar-refractivity contribution < 1.29 is 9.84 Å². The molecule has 0 bridgehead atoms.